The van der Waals surface area contributed by atoms with E-state index in [0.29, 0.717) is 6.04 Å². The van der Waals surface area contributed by atoms with E-state index in [-0.39, 0.29) is 5.41 Å². The molecule has 0 fully saturated rings. The highest BCUT2D eigenvalue weighted by molar-refractivity contribution is 7.14. The summed E-state index contributed by atoms with van der Waals surface area (Å²) in [5.74, 6) is 0. The molecule has 0 unspecified atom stereocenters. The van der Waals surface area contributed by atoms with Gasteiger partial charge >= 0.3 is 0 Å². The minimum absolute atomic E-state index is 0.187. The topological polar surface area (TPSA) is 37.8 Å². The van der Waals surface area contributed by atoms with Gasteiger partial charge in [-0.15, -0.1) is 10.2 Å². The molecule has 2 aromatic rings. The quantitative estimate of drug-likeness (QED) is 0.924. The Morgan fingerprint density at radius 2 is 1.75 bits per heavy atom. The van der Waals surface area contributed by atoms with E-state index >= 15 is 0 Å². The van der Waals surface area contributed by atoms with Gasteiger partial charge in [-0.05, 0) is 11.0 Å². The third-order valence-electron chi connectivity index (χ3n) is 3.13. The van der Waals surface area contributed by atoms with E-state index in [9.17, 15) is 0 Å². The molecule has 2 rings (SSSR count). The van der Waals surface area contributed by atoms with Gasteiger partial charge in [0.1, 0.15) is 10.0 Å². The molecule has 20 heavy (non-hydrogen) atoms. The van der Waals surface area contributed by atoms with E-state index in [1.165, 1.54) is 5.56 Å². The van der Waals surface area contributed by atoms with Gasteiger partial charge in [0, 0.05) is 18.2 Å². The third kappa shape index (κ3) is 3.87. The van der Waals surface area contributed by atoms with E-state index in [1.54, 1.807) is 11.3 Å². The Morgan fingerprint density at radius 1 is 1.10 bits per heavy atom. The first-order chi connectivity index (χ1) is 9.36. The van der Waals surface area contributed by atoms with Gasteiger partial charge in [-0.2, -0.15) is 0 Å². The van der Waals surface area contributed by atoms with Crippen molar-refractivity contribution in [3.05, 3.63) is 34.8 Å². The summed E-state index contributed by atoms with van der Waals surface area (Å²) >= 11 is 1.66. The van der Waals surface area contributed by atoms with Crippen LogP contribution in [0.15, 0.2) is 24.3 Å². The monoisotopic (exact) mass is 289 g/mol. The predicted molar refractivity (Wildman–Crippen MR) is 86.0 cm³/mol. The fourth-order valence-corrected chi connectivity index (χ4v) is 2.64. The number of nitrogens with zero attached hydrogens (tertiary/aromatic N) is 2. The van der Waals surface area contributed by atoms with E-state index < -0.39 is 0 Å². The van der Waals surface area contributed by atoms with Gasteiger partial charge in [0.05, 0.1) is 0 Å². The third-order valence-corrected chi connectivity index (χ3v) is 4.10. The van der Waals surface area contributed by atoms with Gasteiger partial charge in [0.2, 0.25) is 0 Å². The van der Waals surface area contributed by atoms with E-state index in [2.05, 4.69) is 74.4 Å². The first-order valence-electron chi connectivity index (χ1n) is 7.03. The van der Waals surface area contributed by atoms with Gasteiger partial charge in [-0.25, -0.2) is 0 Å². The average Bonchev–Trinajstić information content (AvgIpc) is 2.84. The molecule has 1 N–H and O–H groups in total. The van der Waals surface area contributed by atoms with Crippen molar-refractivity contribution in [2.45, 2.75) is 52.6 Å². The van der Waals surface area contributed by atoms with Crippen molar-refractivity contribution in [3.63, 3.8) is 0 Å². The molecular weight excluding hydrogens is 266 g/mol. The molecule has 0 bridgehead atoms. The molecule has 1 heterocycles. The number of rotatable bonds is 4. The van der Waals surface area contributed by atoms with E-state index in [4.69, 9.17) is 0 Å². The summed E-state index contributed by atoms with van der Waals surface area (Å²) < 4.78 is 0. The molecule has 0 aliphatic rings. The minimum Gasteiger partial charge on any atom is -0.308 e. The lowest BCUT2D eigenvalue weighted by atomic mass is 9.87. The fraction of sp³-hybridized carbons (Fsp3) is 0.500. The molecule has 0 atom stereocenters. The van der Waals surface area contributed by atoms with Crippen LogP contribution in [-0.2, 0) is 12.0 Å². The minimum atomic E-state index is 0.187. The highest BCUT2D eigenvalue weighted by Gasteiger charge is 2.14. The van der Waals surface area contributed by atoms with Crippen LogP contribution < -0.4 is 5.32 Å². The van der Waals surface area contributed by atoms with Gasteiger partial charge in [-0.1, -0.05) is 70.2 Å². The summed E-state index contributed by atoms with van der Waals surface area (Å²) in [5, 5.41) is 13.9. The van der Waals surface area contributed by atoms with E-state index in [1.807, 2.05) is 0 Å². The van der Waals surface area contributed by atoms with Crippen molar-refractivity contribution in [1.82, 2.24) is 15.5 Å². The zero-order valence-electron chi connectivity index (χ0n) is 12.9. The molecule has 3 nitrogen and oxygen atoms in total. The summed E-state index contributed by atoms with van der Waals surface area (Å²) in [6.45, 7) is 11.7. The number of benzene rings is 1. The van der Waals surface area contributed by atoms with Crippen molar-refractivity contribution in [1.29, 1.82) is 0 Å². The molecule has 0 saturated heterocycles. The Bertz CT molecular complexity index is 550. The Labute approximate surface area is 125 Å². The van der Waals surface area contributed by atoms with Crippen LogP contribution in [0.25, 0.3) is 10.6 Å². The van der Waals surface area contributed by atoms with Crippen LogP contribution in [0.2, 0.25) is 0 Å². The van der Waals surface area contributed by atoms with Crippen LogP contribution in [0.1, 0.15) is 45.2 Å². The first-order valence-corrected chi connectivity index (χ1v) is 7.84. The number of hydrogen-bond donors (Lipinski definition) is 1. The molecular formula is C16H23N3S. The molecule has 0 aliphatic carbocycles. The van der Waals surface area contributed by atoms with Crippen LogP contribution in [-0.4, -0.2) is 16.2 Å². The molecule has 0 saturated carbocycles. The lowest BCUT2D eigenvalue weighted by Gasteiger charge is -2.18. The highest BCUT2D eigenvalue weighted by atomic mass is 32.1. The molecule has 0 radical (unpaired) electrons. The Hall–Kier alpha value is -1.26. The second-order valence-corrected chi connectivity index (χ2v) is 7.43. The summed E-state index contributed by atoms with van der Waals surface area (Å²) in [7, 11) is 0. The van der Waals surface area contributed by atoms with Crippen LogP contribution >= 0.6 is 11.3 Å². The summed E-state index contributed by atoms with van der Waals surface area (Å²) in [6, 6.07) is 9.11. The summed E-state index contributed by atoms with van der Waals surface area (Å²) in [6.07, 6.45) is 0. The molecule has 0 amide bonds. The molecule has 1 aromatic carbocycles. The molecule has 0 spiro atoms. The normalized spacial score (nSPS) is 12.1. The number of hydrogen-bond acceptors (Lipinski definition) is 4. The zero-order valence-corrected chi connectivity index (χ0v) is 13.7. The lowest BCUT2D eigenvalue weighted by molar-refractivity contribution is 0.585. The summed E-state index contributed by atoms with van der Waals surface area (Å²) in [5.41, 5.74) is 2.67. The van der Waals surface area contributed by atoms with Crippen molar-refractivity contribution in [2.75, 3.05) is 0 Å². The van der Waals surface area contributed by atoms with Crippen LogP contribution in [0.4, 0.5) is 0 Å². The van der Waals surface area contributed by atoms with Crippen molar-refractivity contribution in [2.24, 2.45) is 0 Å². The first kappa shape index (κ1) is 15.1. The van der Waals surface area contributed by atoms with Crippen LogP contribution in [0.5, 0.6) is 0 Å². The Kier molecular flexibility index (Phi) is 4.55. The Balaban J connectivity index is 2.12. The zero-order chi connectivity index (χ0) is 14.8. The standard InChI is InChI=1S/C16H23N3S/c1-11(2)17-10-14-18-19-15(20-14)12-6-8-13(9-7-12)16(3,4)5/h6-9,11,17H,10H2,1-5H3. The van der Waals surface area contributed by atoms with Gasteiger partial charge < -0.3 is 5.32 Å². The molecule has 108 valence electrons. The lowest BCUT2D eigenvalue weighted by Crippen LogP contribution is -2.21. The second kappa shape index (κ2) is 6.02. The highest BCUT2D eigenvalue weighted by Crippen LogP contribution is 2.27. The largest absolute Gasteiger partial charge is 0.308 e. The van der Waals surface area contributed by atoms with Crippen LogP contribution in [0, 0.1) is 0 Å². The maximum absolute atomic E-state index is 4.28. The van der Waals surface area contributed by atoms with Gasteiger partial charge in [0.15, 0.2) is 0 Å². The van der Waals surface area contributed by atoms with Gasteiger partial charge in [-0.3, -0.25) is 0 Å². The van der Waals surface area contributed by atoms with E-state index in [0.717, 1.165) is 22.1 Å². The van der Waals surface area contributed by atoms with Crippen LogP contribution in [0.3, 0.4) is 0 Å². The molecule has 1 aromatic heterocycles. The van der Waals surface area contributed by atoms with Gasteiger partial charge in [0.25, 0.3) is 0 Å². The maximum atomic E-state index is 4.28. The van der Waals surface area contributed by atoms with Crippen molar-refractivity contribution >= 4 is 11.3 Å². The Morgan fingerprint density at radius 3 is 2.30 bits per heavy atom. The van der Waals surface area contributed by atoms with Crippen molar-refractivity contribution < 1.29 is 0 Å². The average molecular weight is 289 g/mol. The van der Waals surface area contributed by atoms with Crippen molar-refractivity contribution in [3.8, 4) is 10.6 Å². The maximum Gasteiger partial charge on any atom is 0.147 e. The smallest absolute Gasteiger partial charge is 0.147 e. The SMILES string of the molecule is CC(C)NCc1nnc(-c2ccc(C(C)(C)C)cc2)s1. The number of aromatic nitrogens is 2. The molecule has 0 aliphatic heterocycles. The predicted octanol–water partition coefficient (Wildman–Crippen LogP) is 4.00. The summed E-state index contributed by atoms with van der Waals surface area (Å²) in [4.78, 5) is 0. The molecule has 4 heteroatoms. The second-order valence-electron chi connectivity index (χ2n) is 6.36. The number of nitrogens with one attached hydrogen (secondary N) is 1. The fourth-order valence-electron chi connectivity index (χ4n) is 1.85.